The van der Waals surface area contributed by atoms with Crippen LogP contribution in [0.1, 0.15) is 0 Å². The monoisotopic (exact) mass is 790 g/mol. The summed E-state index contributed by atoms with van der Waals surface area (Å²) in [4.78, 5) is 9.29. The van der Waals surface area contributed by atoms with Crippen LogP contribution in [0.5, 0.6) is 0 Å². The summed E-state index contributed by atoms with van der Waals surface area (Å²) in [7, 11) is 0. The van der Waals surface area contributed by atoms with Crippen molar-refractivity contribution >= 4 is 43.6 Å². The van der Waals surface area contributed by atoms with Gasteiger partial charge in [-0.2, -0.15) is 0 Å². The minimum absolute atomic E-state index is 1.05. The minimum Gasteiger partial charge on any atom is -0.308 e. The van der Waals surface area contributed by atoms with E-state index in [1.807, 2.05) is 24.8 Å². The zero-order valence-corrected chi connectivity index (χ0v) is 33.7. The third-order valence-corrected chi connectivity index (χ3v) is 12.2. The Balaban J connectivity index is 1.14. The smallest absolute Gasteiger partial charge is 0.0724 e. The lowest BCUT2D eigenvalue weighted by Crippen LogP contribution is -2.00. The van der Waals surface area contributed by atoms with Gasteiger partial charge in [-0.25, -0.2) is 0 Å². The van der Waals surface area contributed by atoms with E-state index < -0.39 is 0 Å². The first kappa shape index (κ1) is 35.6. The molecule has 0 bridgehead atoms. The van der Waals surface area contributed by atoms with Crippen molar-refractivity contribution in [3.05, 3.63) is 231 Å². The molecule has 0 aliphatic carbocycles. The first-order chi connectivity index (χ1) is 30.7. The molecule has 12 aromatic rings. The number of hydrogen-bond acceptors (Lipinski definition) is 2. The van der Waals surface area contributed by atoms with E-state index in [1.54, 1.807) is 0 Å². The quantitative estimate of drug-likeness (QED) is 0.161. The SMILES string of the molecule is c1ccc(-c2cccc(-c3cc(-c4cccc(-c5ccccc5)c4)cc(-c4cc(-n5c6ccccc6c6ccncc65)cc(-n5c6ccccc6c6ccncc65)c4)c3)c2)cc1. The van der Waals surface area contributed by atoms with Gasteiger partial charge in [0.25, 0.3) is 0 Å². The van der Waals surface area contributed by atoms with Crippen LogP contribution in [0, 0.1) is 0 Å². The van der Waals surface area contributed by atoms with Crippen LogP contribution in [0.25, 0.3) is 111 Å². The second-order valence-electron chi connectivity index (χ2n) is 15.9. The molecule has 4 nitrogen and oxygen atoms in total. The molecule has 8 aromatic carbocycles. The predicted octanol–water partition coefficient (Wildman–Crippen LogP) is 15.0. The van der Waals surface area contributed by atoms with Crippen LogP contribution in [0.2, 0.25) is 0 Å². The van der Waals surface area contributed by atoms with Gasteiger partial charge in [-0.3, -0.25) is 9.97 Å². The number of para-hydroxylation sites is 2. The van der Waals surface area contributed by atoms with Crippen LogP contribution < -0.4 is 0 Å². The molecule has 0 N–H and O–H groups in total. The molecule has 290 valence electrons. The molecule has 0 saturated heterocycles. The molecule has 0 amide bonds. The predicted molar refractivity (Wildman–Crippen MR) is 258 cm³/mol. The van der Waals surface area contributed by atoms with Gasteiger partial charge < -0.3 is 9.13 Å². The molecule has 4 heteroatoms. The normalized spacial score (nSPS) is 11.5. The van der Waals surface area contributed by atoms with Crippen molar-refractivity contribution in [3.8, 4) is 67.0 Å². The Bertz CT molecular complexity index is 3300. The fourth-order valence-electron chi connectivity index (χ4n) is 9.36. The highest BCUT2D eigenvalue weighted by atomic mass is 15.0. The maximum atomic E-state index is 4.64. The molecule has 0 saturated carbocycles. The van der Waals surface area contributed by atoms with E-state index in [4.69, 9.17) is 0 Å². The summed E-state index contributed by atoms with van der Waals surface area (Å²) in [6, 6.07) is 74.7. The Kier molecular flexibility index (Phi) is 8.46. The third kappa shape index (κ3) is 6.08. The van der Waals surface area contributed by atoms with E-state index >= 15 is 0 Å². The number of benzene rings is 8. The van der Waals surface area contributed by atoms with Gasteiger partial charge in [0.05, 0.1) is 34.5 Å². The van der Waals surface area contributed by atoms with Gasteiger partial charge in [0.15, 0.2) is 0 Å². The summed E-state index contributed by atoms with van der Waals surface area (Å²) in [5.74, 6) is 0. The largest absolute Gasteiger partial charge is 0.308 e. The van der Waals surface area contributed by atoms with Gasteiger partial charge in [0, 0.05) is 45.3 Å². The molecule has 0 aliphatic rings. The molecule has 4 aromatic heterocycles. The summed E-state index contributed by atoms with van der Waals surface area (Å²) in [6.45, 7) is 0. The molecule has 62 heavy (non-hydrogen) atoms. The Morgan fingerprint density at radius 3 is 1.05 bits per heavy atom. The van der Waals surface area contributed by atoms with E-state index in [-0.39, 0.29) is 0 Å². The van der Waals surface area contributed by atoms with Crippen LogP contribution in [0.4, 0.5) is 0 Å². The number of rotatable bonds is 7. The summed E-state index contributed by atoms with van der Waals surface area (Å²) >= 11 is 0. The summed E-state index contributed by atoms with van der Waals surface area (Å²) in [5, 5.41) is 4.73. The molecule has 0 atom stereocenters. The summed E-state index contributed by atoms with van der Waals surface area (Å²) in [5.41, 5.74) is 18.1. The highest BCUT2D eigenvalue weighted by molar-refractivity contribution is 6.10. The fourth-order valence-corrected chi connectivity index (χ4v) is 9.36. The lowest BCUT2D eigenvalue weighted by Gasteiger charge is -2.17. The molecular formula is C58H38N4. The summed E-state index contributed by atoms with van der Waals surface area (Å²) in [6.07, 6.45) is 7.76. The van der Waals surface area contributed by atoms with Crippen molar-refractivity contribution < 1.29 is 0 Å². The molecular weight excluding hydrogens is 753 g/mol. The average molecular weight is 791 g/mol. The number of aromatic nitrogens is 4. The van der Waals surface area contributed by atoms with Crippen molar-refractivity contribution in [2.24, 2.45) is 0 Å². The molecule has 0 spiro atoms. The first-order valence-corrected chi connectivity index (χ1v) is 21.0. The lowest BCUT2D eigenvalue weighted by atomic mass is 9.91. The van der Waals surface area contributed by atoms with Crippen LogP contribution >= 0.6 is 0 Å². The van der Waals surface area contributed by atoms with Crippen molar-refractivity contribution in [2.75, 3.05) is 0 Å². The Hall–Kier alpha value is -8.34. The second-order valence-corrected chi connectivity index (χ2v) is 15.9. The standard InChI is InChI=1S/C58H38N4/c1-3-13-39(14-4-1)41-17-11-19-43(29-41)45-31-46(44-20-12-18-42(30-44)40-15-5-2-6-16-40)33-47(32-45)48-34-49(61-55-23-9-7-21-51(55)53-25-27-59-37-57(53)61)36-50(35-48)62-56-24-10-8-22-52(56)54-26-28-60-38-58(54)62/h1-38H. The van der Waals surface area contributed by atoms with Crippen molar-refractivity contribution in [2.45, 2.75) is 0 Å². The highest BCUT2D eigenvalue weighted by Gasteiger charge is 2.19. The topological polar surface area (TPSA) is 35.6 Å². The number of nitrogens with zero attached hydrogens (tertiary/aromatic N) is 4. The number of pyridine rings is 2. The zero-order valence-electron chi connectivity index (χ0n) is 33.7. The number of hydrogen-bond donors (Lipinski definition) is 0. The van der Waals surface area contributed by atoms with Gasteiger partial charge in [-0.15, -0.1) is 0 Å². The fraction of sp³-hybridized carbons (Fsp3) is 0. The molecule has 0 aliphatic heterocycles. The van der Waals surface area contributed by atoms with Gasteiger partial charge in [0.2, 0.25) is 0 Å². The van der Waals surface area contributed by atoms with E-state index in [0.29, 0.717) is 0 Å². The zero-order chi connectivity index (χ0) is 41.0. The van der Waals surface area contributed by atoms with Crippen LogP contribution in [0.15, 0.2) is 231 Å². The second kappa shape index (κ2) is 14.7. The van der Waals surface area contributed by atoms with E-state index in [2.05, 4.69) is 225 Å². The molecule has 0 fully saturated rings. The number of fused-ring (bicyclic) bond motifs is 6. The van der Waals surface area contributed by atoms with E-state index in [9.17, 15) is 0 Å². The van der Waals surface area contributed by atoms with Crippen LogP contribution in [0.3, 0.4) is 0 Å². The van der Waals surface area contributed by atoms with Gasteiger partial charge in [-0.05, 0) is 128 Å². The third-order valence-electron chi connectivity index (χ3n) is 12.2. The van der Waals surface area contributed by atoms with E-state index in [1.165, 1.54) is 43.8 Å². The highest BCUT2D eigenvalue weighted by Crippen LogP contribution is 2.40. The Morgan fingerprint density at radius 1 is 0.242 bits per heavy atom. The van der Waals surface area contributed by atoms with Crippen LogP contribution in [-0.2, 0) is 0 Å². The van der Waals surface area contributed by atoms with Gasteiger partial charge >= 0.3 is 0 Å². The van der Waals surface area contributed by atoms with Gasteiger partial charge in [0.1, 0.15) is 0 Å². The molecule has 12 rings (SSSR count). The maximum Gasteiger partial charge on any atom is 0.0724 e. The van der Waals surface area contributed by atoms with Crippen molar-refractivity contribution in [1.82, 2.24) is 19.1 Å². The van der Waals surface area contributed by atoms with Crippen molar-refractivity contribution in [1.29, 1.82) is 0 Å². The Morgan fingerprint density at radius 2 is 0.581 bits per heavy atom. The first-order valence-electron chi connectivity index (χ1n) is 21.0. The van der Waals surface area contributed by atoms with Gasteiger partial charge in [-0.1, -0.05) is 133 Å². The summed E-state index contributed by atoms with van der Waals surface area (Å²) < 4.78 is 4.74. The van der Waals surface area contributed by atoms with E-state index in [0.717, 1.165) is 66.8 Å². The van der Waals surface area contributed by atoms with Crippen molar-refractivity contribution in [3.63, 3.8) is 0 Å². The average Bonchev–Trinajstić information content (AvgIpc) is 3.88. The lowest BCUT2D eigenvalue weighted by molar-refractivity contribution is 1.12. The van der Waals surface area contributed by atoms with Crippen LogP contribution in [-0.4, -0.2) is 19.1 Å². The minimum atomic E-state index is 1.05. The molecule has 4 heterocycles. The molecule has 0 radical (unpaired) electrons. The molecule has 0 unspecified atom stereocenters. The Labute approximate surface area is 359 Å². The maximum absolute atomic E-state index is 4.64.